The van der Waals surface area contributed by atoms with Crippen LogP contribution >= 0.6 is 11.8 Å². The van der Waals surface area contributed by atoms with E-state index < -0.39 is 5.97 Å². The minimum absolute atomic E-state index is 0.822. The SMILES string of the molecule is CCSCC(C)=CC(=O)O. The van der Waals surface area contributed by atoms with Gasteiger partial charge in [0, 0.05) is 11.8 Å². The number of thioether (sulfide) groups is 1. The van der Waals surface area contributed by atoms with Crippen molar-refractivity contribution in [2.75, 3.05) is 11.5 Å². The van der Waals surface area contributed by atoms with E-state index in [1.165, 1.54) is 6.08 Å². The second kappa shape index (κ2) is 5.35. The highest BCUT2D eigenvalue weighted by molar-refractivity contribution is 7.99. The standard InChI is InChI=1S/C7H12O2S/c1-3-10-5-6(2)4-7(8)9/h4H,3,5H2,1-2H3,(H,8,9). The number of aliphatic carboxylic acids is 1. The number of carboxylic acids is 1. The largest absolute Gasteiger partial charge is 0.478 e. The molecule has 0 saturated heterocycles. The van der Waals surface area contributed by atoms with Gasteiger partial charge in [-0.3, -0.25) is 0 Å². The van der Waals surface area contributed by atoms with Crippen LogP contribution in [0, 0.1) is 0 Å². The van der Waals surface area contributed by atoms with Gasteiger partial charge in [-0.05, 0) is 12.7 Å². The van der Waals surface area contributed by atoms with Crippen molar-refractivity contribution in [3.8, 4) is 0 Å². The van der Waals surface area contributed by atoms with Gasteiger partial charge in [-0.2, -0.15) is 11.8 Å². The van der Waals surface area contributed by atoms with Crippen LogP contribution in [0.2, 0.25) is 0 Å². The van der Waals surface area contributed by atoms with E-state index >= 15 is 0 Å². The van der Waals surface area contributed by atoms with Crippen LogP contribution in [0.3, 0.4) is 0 Å². The number of hydrogen-bond donors (Lipinski definition) is 1. The lowest BCUT2D eigenvalue weighted by atomic mass is 10.3. The van der Waals surface area contributed by atoms with Crippen molar-refractivity contribution in [2.24, 2.45) is 0 Å². The first-order valence-electron chi connectivity index (χ1n) is 3.14. The second-order valence-corrected chi connectivity index (χ2v) is 3.24. The molecule has 3 heteroatoms. The molecule has 0 unspecified atom stereocenters. The molecule has 0 atom stereocenters. The van der Waals surface area contributed by atoms with E-state index in [1.54, 1.807) is 11.8 Å². The molecule has 0 aromatic rings. The summed E-state index contributed by atoms with van der Waals surface area (Å²) in [4.78, 5) is 10.1. The van der Waals surface area contributed by atoms with Gasteiger partial charge in [-0.15, -0.1) is 0 Å². The Balaban J connectivity index is 3.60. The Morgan fingerprint density at radius 2 is 2.30 bits per heavy atom. The van der Waals surface area contributed by atoms with Crippen LogP contribution < -0.4 is 0 Å². The average molecular weight is 160 g/mol. The van der Waals surface area contributed by atoms with Crippen molar-refractivity contribution < 1.29 is 9.90 Å². The summed E-state index contributed by atoms with van der Waals surface area (Å²) >= 11 is 1.73. The lowest BCUT2D eigenvalue weighted by molar-refractivity contribution is -0.131. The number of carboxylic acid groups (broad SMARTS) is 1. The van der Waals surface area contributed by atoms with E-state index in [2.05, 4.69) is 6.92 Å². The summed E-state index contributed by atoms with van der Waals surface area (Å²) in [6.07, 6.45) is 1.25. The maximum atomic E-state index is 10.1. The van der Waals surface area contributed by atoms with Crippen molar-refractivity contribution in [2.45, 2.75) is 13.8 Å². The van der Waals surface area contributed by atoms with Gasteiger partial charge in [0.15, 0.2) is 0 Å². The second-order valence-electron chi connectivity index (χ2n) is 1.97. The predicted octanol–water partition coefficient (Wildman–Crippen LogP) is 1.77. The van der Waals surface area contributed by atoms with E-state index in [-0.39, 0.29) is 0 Å². The molecule has 0 aliphatic heterocycles. The molecule has 0 fully saturated rings. The number of carbonyl (C=O) groups is 1. The highest BCUT2D eigenvalue weighted by atomic mass is 32.2. The lowest BCUT2D eigenvalue weighted by Crippen LogP contribution is -1.91. The van der Waals surface area contributed by atoms with Crippen LogP contribution in [-0.2, 0) is 4.79 Å². The molecule has 1 N–H and O–H groups in total. The molecule has 10 heavy (non-hydrogen) atoms. The van der Waals surface area contributed by atoms with Crippen LogP contribution in [-0.4, -0.2) is 22.6 Å². The minimum Gasteiger partial charge on any atom is -0.478 e. The monoisotopic (exact) mass is 160 g/mol. The first-order chi connectivity index (χ1) is 4.66. The normalized spacial score (nSPS) is 11.6. The van der Waals surface area contributed by atoms with Crippen LogP contribution in [0.1, 0.15) is 13.8 Å². The molecular weight excluding hydrogens is 148 g/mol. The maximum Gasteiger partial charge on any atom is 0.328 e. The maximum absolute atomic E-state index is 10.1. The Morgan fingerprint density at radius 3 is 2.70 bits per heavy atom. The molecule has 0 saturated carbocycles. The Hall–Kier alpha value is -0.440. The molecule has 0 bridgehead atoms. The third-order valence-corrected chi connectivity index (χ3v) is 1.97. The third-order valence-electron chi connectivity index (χ3n) is 0.904. The fourth-order valence-corrected chi connectivity index (χ4v) is 1.12. The summed E-state index contributed by atoms with van der Waals surface area (Å²) in [5, 5.41) is 8.30. The fraction of sp³-hybridized carbons (Fsp3) is 0.571. The van der Waals surface area contributed by atoms with Crippen molar-refractivity contribution in [1.82, 2.24) is 0 Å². The summed E-state index contributed by atoms with van der Waals surface area (Å²) in [6.45, 7) is 3.88. The molecule has 2 nitrogen and oxygen atoms in total. The Bertz CT molecular complexity index is 141. The van der Waals surface area contributed by atoms with Crippen molar-refractivity contribution in [1.29, 1.82) is 0 Å². The van der Waals surface area contributed by atoms with Gasteiger partial charge >= 0.3 is 5.97 Å². The number of rotatable bonds is 4. The molecule has 0 amide bonds. The van der Waals surface area contributed by atoms with Gasteiger partial charge in [-0.25, -0.2) is 4.79 Å². The van der Waals surface area contributed by atoms with Gasteiger partial charge in [0.2, 0.25) is 0 Å². The predicted molar refractivity (Wildman–Crippen MR) is 44.4 cm³/mol. The molecule has 0 aliphatic rings. The lowest BCUT2D eigenvalue weighted by Gasteiger charge is -1.95. The van der Waals surface area contributed by atoms with Crippen LogP contribution in [0.15, 0.2) is 11.6 Å². The Labute approximate surface area is 65.3 Å². The first-order valence-corrected chi connectivity index (χ1v) is 4.30. The van der Waals surface area contributed by atoms with Crippen molar-refractivity contribution in [3.63, 3.8) is 0 Å². The van der Waals surface area contributed by atoms with Crippen molar-refractivity contribution in [3.05, 3.63) is 11.6 Å². The third kappa shape index (κ3) is 5.69. The van der Waals surface area contributed by atoms with Crippen molar-refractivity contribution >= 4 is 17.7 Å². The Morgan fingerprint density at radius 1 is 1.70 bits per heavy atom. The zero-order chi connectivity index (χ0) is 7.98. The van der Waals surface area contributed by atoms with Gasteiger partial charge in [0.25, 0.3) is 0 Å². The molecule has 0 rings (SSSR count). The highest BCUT2D eigenvalue weighted by Gasteiger charge is 1.92. The van der Waals surface area contributed by atoms with Crippen LogP contribution in [0.4, 0.5) is 0 Å². The first kappa shape index (κ1) is 9.56. The molecule has 0 aromatic heterocycles. The molecular formula is C7H12O2S. The quantitative estimate of drug-likeness (QED) is 0.637. The molecule has 0 spiro atoms. The number of hydrogen-bond acceptors (Lipinski definition) is 2. The van der Waals surface area contributed by atoms with Gasteiger partial charge in [0.1, 0.15) is 0 Å². The van der Waals surface area contributed by atoms with Crippen LogP contribution in [0.25, 0.3) is 0 Å². The van der Waals surface area contributed by atoms with E-state index in [0.29, 0.717) is 0 Å². The molecule has 0 radical (unpaired) electrons. The summed E-state index contributed by atoms with van der Waals surface area (Å²) in [6, 6.07) is 0. The minimum atomic E-state index is -0.853. The van der Waals surface area contributed by atoms with E-state index in [9.17, 15) is 4.79 Å². The zero-order valence-corrected chi connectivity index (χ0v) is 7.07. The summed E-state index contributed by atoms with van der Waals surface area (Å²) in [5.74, 6) is 1.00. The topological polar surface area (TPSA) is 37.3 Å². The van der Waals surface area contributed by atoms with Crippen LogP contribution in [0.5, 0.6) is 0 Å². The van der Waals surface area contributed by atoms with E-state index in [1.807, 2.05) is 6.92 Å². The smallest absolute Gasteiger partial charge is 0.328 e. The van der Waals surface area contributed by atoms with E-state index in [0.717, 1.165) is 17.1 Å². The van der Waals surface area contributed by atoms with Gasteiger partial charge in [0.05, 0.1) is 0 Å². The highest BCUT2D eigenvalue weighted by Crippen LogP contribution is 2.05. The summed E-state index contributed by atoms with van der Waals surface area (Å²) in [5.41, 5.74) is 0.916. The fourth-order valence-electron chi connectivity index (χ4n) is 0.516. The zero-order valence-electron chi connectivity index (χ0n) is 6.26. The summed E-state index contributed by atoms with van der Waals surface area (Å²) < 4.78 is 0. The van der Waals surface area contributed by atoms with Gasteiger partial charge in [-0.1, -0.05) is 12.5 Å². The van der Waals surface area contributed by atoms with E-state index in [4.69, 9.17) is 5.11 Å². The van der Waals surface area contributed by atoms with Gasteiger partial charge < -0.3 is 5.11 Å². The molecule has 0 aliphatic carbocycles. The average Bonchev–Trinajstić information content (AvgIpc) is 1.82. The molecule has 0 heterocycles. The Kier molecular flexibility index (Phi) is 5.12. The molecule has 58 valence electrons. The molecule has 0 aromatic carbocycles. The summed E-state index contributed by atoms with van der Waals surface area (Å²) in [7, 11) is 0.